The Morgan fingerprint density at radius 3 is 2.50 bits per heavy atom. The lowest BCUT2D eigenvalue weighted by Crippen LogP contribution is -2.53. The van der Waals surface area contributed by atoms with Crippen LogP contribution in [0.5, 0.6) is 0 Å². The Balaban J connectivity index is 1.62. The van der Waals surface area contributed by atoms with E-state index in [2.05, 4.69) is 17.4 Å². The molecule has 2 aliphatic rings. The Bertz CT molecular complexity index is 987. The summed E-state index contributed by atoms with van der Waals surface area (Å²) in [5, 5.41) is 3.16. The van der Waals surface area contributed by atoms with Gasteiger partial charge in [0.2, 0.25) is 15.9 Å². The van der Waals surface area contributed by atoms with Crippen molar-refractivity contribution in [2.24, 2.45) is 0 Å². The van der Waals surface area contributed by atoms with Crippen molar-refractivity contribution in [1.29, 1.82) is 0 Å². The van der Waals surface area contributed by atoms with E-state index in [0.717, 1.165) is 36.0 Å². The highest BCUT2D eigenvalue weighted by molar-refractivity contribution is 7.89. The maximum Gasteiger partial charge on any atom is 0.239 e. The van der Waals surface area contributed by atoms with Gasteiger partial charge in [0.25, 0.3) is 0 Å². The van der Waals surface area contributed by atoms with Gasteiger partial charge in [0.05, 0.1) is 11.8 Å². The third kappa shape index (κ3) is 3.59. The highest BCUT2D eigenvalue weighted by atomic mass is 32.2. The van der Waals surface area contributed by atoms with E-state index in [4.69, 9.17) is 0 Å². The lowest BCUT2D eigenvalue weighted by atomic mass is 9.87. The summed E-state index contributed by atoms with van der Waals surface area (Å²) in [6.45, 7) is 1.88. The van der Waals surface area contributed by atoms with Crippen LogP contribution in [0.3, 0.4) is 0 Å². The second kappa shape index (κ2) is 7.68. The van der Waals surface area contributed by atoms with Gasteiger partial charge in [-0.2, -0.15) is 4.31 Å². The molecule has 0 aromatic heterocycles. The van der Waals surface area contributed by atoms with E-state index in [1.54, 1.807) is 6.92 Å². The van der Waals surface area contributed by atoms with Crippen LogP contribution in [-0.4, -0.2) is 30.4 Å². The Morgan fingerprint density at radius 2 is 1.75 bits per heavy atom. The molecular weight excluding hydrogens is 372 g/mol. The number of hydrogen-bond acceptors (Lipinski definition) is 3. The Morgan fingerprint density at radius 1 is 1.07 bits per heavy atom. The monoisotopic (exact) mass is 398 g/mol. The van der Waals surface area contributed by atoms with Crippen LogP contribution in [0.15, 0.2) is 48.5 Å². The molecule has 0 radical (unpaired) electrons. The van der Waals surface area contributed by atoms with Gasteiger partial charge in [0.1, 0.15) is 6.04 Å². The Hall–Kier alpha value is -2.18. The summed E-state index contributed by atoms with van der Waals surface area (Å²) in [7, 11) is -3.49. The Labute approximate surface area is 166 Å². The average molecular weight is 399 g/mol. The van der Waals surface area contributed by atoms with Crippen LogP contribution in [0, 0.1) is 0 Å². The summed E-state index contributed by atoms with van der Waals surface area (Å²) in [5.74, 6) is -0.209. The second-order valence-electron chi connectivity index (χ2n) is 7.59. The molecule has 1 N–H and O–H groups in total. The fourth-order valence-electron chi connectivity index (χ4n) is 4.35. The molecule has 0 saturated heterocycles. The zero-order valence-electron chi connectivity index (χ0n) is 16.1. The van der Waals surface area contributed by atoms with E-state index in [-0.39, 0.29) is 24.2 Å². The predicted octanol–water partition coefficient (Wildman–Crippen LogP) is 2.96. The van der Waals surface area contributed by atoms with Crippen molar-refractivity contribution in [3.8, 4) is 0 Å². The van der Waals surface area contributed by atoms with Crippen molar-refractivity contribution < 1.29 is 13.2 Å². The van der Waals surface area contributed by atoms with E-state index in [9.17, 15) is 13.2 Å². The first-order valence-electron chi connectivity index (χ1n) is 9.94. The van der Waals surface area contributed by atoms with Crippen LogP contribution >= 0.6 is 0 Å². The highest BCUT2D eigenvalue weighted by Crippen LogP contribution is 2.31. The van der Waals surface area contributed by atoms with Crippen LogP contribution in [0.25, 0.3) is 0 Å². The quantitative estimate of drug-likeness (QED) is 0.861. The largest absolute Gasteiger partial charge is 0.348 e. The van der Waals surface area contributed by atoms with Gasteiger partial charge in [-0.05, 0) is 54.9 Å². The number of nitrogens with zero attached hydrogens (tertiary/aromatic N) is 1. The molecule has 5 nitrogen and oxygen atoms in total. The van der Waals surface area contributed by atoms with Gasteiger partial charge in [0, 0.05) is 6.54 Å². The molecule has 0 bridgehead atoms. The zero-order chi connectivity index (χ0) is 19.7. The van der Waals surface area contributed by atoms with Gasteiger partial charge >= 0.3 is 0 Å². The molecule has 2 atom stereocenters. The second-order valence-corrected chi connectivity index (χ2v) is 9.80. The molecule has 0 spiro atoms. The molecule has 28 heavy (non-hydrogen) atoms. The first kappa shape index (κ1) is 19.2. The van der Waals surface area contributed by atoms with Gasteiger partial charge in [-0.3, -0.25) is 4.79 Å². The van der Waals surface area contributed by atoms with Crippen LogP contribution in [0.1, 0.15) is 48.1 Å². The van der Waals surface area contributed by atoms with E-state index in [0.29, 0.717) is 6.42 Å². The number of rotatable bonds is 4. The minimum absolute atomic E-state index is 0.00872. The minimum atomic E-state index is -3.49. The minimum Gasteiger partial charge on any atom is -0.348 e. The topological polar surface area (TPSA) is 66.5 Å². The number of carbonyl (C=O) groups is 1. The number of aryl methyl sites for hydroxylation is 1. The van der Waals surface area contributed by atoms with Crippen LogP contribution in [0.2, 0.25) is 0 Å². The van der Waals surface area contributed by atoms with Gasteiger partial charge in [0.15, 0.2) is 0 Å². The van der Waals surface area contributed by atoms with Crippen molar-refractivity contribution >= 4 is 15.9 Å². The van der Waals surface area contributed by atoms with E-state index in [1.807, 2.05) is 36.4 Å². The number of fused-ring (bicyclic) bond motifs is 2. The fraction of sp³-hybridized carbons (Fsp3) is 0.409. The SMILES string of the molecule is CCS(=O)(=O)N1Cc2ccccc2C[C@H]1C(=O)N[C@H]1CCCc2ccccc21. The summed E-state index contributed by atoms with van der Waals surface area (Å²) in [6.07, 6.45) is 3.34. The van der Waals surface area contributed by atoms with E-state index >= 15 is 0 Å². The standard InChI is InChI=1S/C22H26N2O3S/c1-2-28(26,27)24-15-18-10-4-3-9-17(18)14-21(24)22(25)23-20-13-7-11-16-8-5-6-12-19(16)20/h3-6,8-10,12,20-21H,2,7,11,13-15H2,1H3,(H,23,25)/t20-,21-/m0/s1. The molecular formula is C22H26N2O3S. The molecule has 0 unspecified atom stereocenters. The first-order chi connectivity index (χ1) is 13.5. The van der Waals surface area contributed by atoms with Crippen molar-refractivity contribution in [2.45, 2.75) is 51.2 Å². The lowest BCUT2D eigenvalue weighted by Gasteiger charge is -2.36. The van der Waals surface area contributed by atoms with Crippen molar-refractivity contribution in [3.63, 3.8) is 0 Å². The number of amides is 1. The van der Waals surface area contributed by atoms with Gasteiger partial charge in [-0.1, -0.05) is 48.5 Å². The smallest absolute Gasteiger partial charge is 0.239 e. The zero-order valence-corrected chi connectivity index (χ0v) is 16.9. The Kier molecular flexibility index (Phi) is 5.25. The predicted molar refractivity (Wildman–Crippen MR) is 109 cm³/mol. The summed E-state index contributed by atoms with van der Waals surface area (Å²) in [4.78, 5) is 13.2. The molecule has 0 fully saturated rings. The fourth-order valence-corrected chi connectivity index (χ4v) is 5.58. The van der Waals surface area contributed by atoms with Gasteiger partial charge in [-0.25, -0.2) is 8.42 Å². The average Bonchev–Trinajstić information content (AvgIpc) is 2.73. The molecule has 148 valence electrons. The van der Waals surface area contributed by atoms with Crippen LogP contribution in [0.4, 0.5) is 0 Å². The van der Waals surface area contributed by atoms with Gasteiger partial charge in [-0.15, -0.1) is 0 Å². The first-order valence-corrected chi connectivity index (χ1v) is 11.5. The third-order valence-corrected chi connectivity index (χ3v) is 7.74. The molecule has 6 heteroatoms. The van der Waals surface area contributed by atoms with Gasteiger partial charge < -0.3 is 5.32 Å². The maximum absolute atomic E-state index is 13.2. The molecule has 1 aliphatic heterocycles. The number of nitrogens with one attached hydrogen (secondary N) is 1. The van der Waals surface area contributed by atoms with Crippen molar-refractivity contribution in [1.82, 2.24) is 9.62 Å². The molecule has 1 aliphatic carbocycles. The normalized spacial score (nSPS) is 22.2. The maximum atomic E-state index is 13.2. The molecule has 1 heterocycles. The number of hydrogen-bond donors (Lipinski definition) is 1. The van der Waals surface area contributed by atoms with Crippen LogP contribution < -0.4 is 5.32 Å². The molecule has 0 saturated carbocycles. The molecule has 2 aromatic rings. The van der Waals surface area contributed by atoms with Crippen LogP contribution in [-0.2, 0) is 34.2 Å². The number of sulfonamides is 1. The third-order valence-electron chi connectivity index (χ3n) is 5.92. The molecule has 2 aromatic carbocycles. The van der Waals surface area contributed by atoms with Crippen molar-refractivity contribution in [3.05, 3.63) is 70.8 Å². The number of carbonyl (C=O) groups excluding carboxylic acids is 1. The summed E-state index contributed by atoms with van der Waals surface area (Å²) in [5.41, 5.74) is 4.45. The summed E-state index contributed by atoms with van der Waals surface area (Å²) < 4.78 is 26.8. The molecule has 4 rings (SSSR count). The summed E-state index contributed by atoms with van der Waals surface area (Å²) in [6, 6.07) is 15.2. The van der Waals surface area contributed by atoms with E-state index < -0.39 is 16.1 Å². The summed E-state index contributed by atoms with van der Waals surface area (Å²) >= 11 is 0. The molecule has 1 amide bonds. The highest BCUT2D eigenvalue weighted by Gasteiger charge is 2.38. The van der Waals surface area contributed by atoms with E-state index in [1.165, 1.54) is 9.87 Å². The van der Waals surface area contributed by atoms with Crippen molar-refractivity contribution in [2.75, 3.05) is 5.75 Å². The lowest BCUT2D eigenvalue weighted by molar-refractivity contribution is -0.126. The number of benzene rings is 2.